The molecular formula is C19H27NO3. The predicted octanol–water partition coefficient (Wildman–Crippen LogP) is 4.02. The second-order valence-electron chi connectivity index (χ2n) is 6.02. The van der Waals surface area contributed by atoms with Crippen LogP contribution in [0.2, 0.25) is 0 Å². The van der Waals surface area contributed by atoms with E-state index < -0.39 is 0 Å². The molecule has 0 aromatic heterocycles. The topological polar surface area (TPSA) is 47.6 Å². The number of ether oxygens (including phenoxy) is 2. The molecule has 1 aromatic carbocycles. The van der Waals surface area contributed by atoms with Gasteiger partial charge in [0, 0.05) is 6.42 Å². The fourth-order valence-corrected chi connectivity index (χ4v) is 2.77. The molecular weight excluding hydrogens is 290 g/mol. The molecule has 1 aliphatic carbocycles. The van der Waals surface area contributed by atoms with Crippen molar-refractivity contribution in [2.75, 3.05) is 13.7 Å². The summed E-state index contributed by atoms with van der Waals surface area (Å²) in [6, 6.07) is 5.77. The van der Waals surface area contributed by atoms with Crippen molar-refractivity contribution in [3.05, 3.63) is 35.9 Å². The smallest absolute Gasteiger partial charge is 0.221 e. The summed E-state index contributed by atoms with van der Waals surface area (Å²) in [5.74, 6) is 1.93. The number of rotatable bonds is 8. The van der Waals surface area contributed by atoms with Gasteiger partial charge in [-0.1, -0.05) is 25.1 Å². The van der Waals surface area contributed by atoms with E-state index in [0.717, 1.165) is 30.6 Å². The third-order valence-electron chi connectivity index (χ3n) is 4.09. The van der Waals surface area contributed by atoms with E-state index in [4.69, 9.17) is 9.47 Å². The molecule has 1 aliphatic rings. The molecule has 0 saturated carbocycles. The molecule has 0 unspecified atom stereocenters. The normalized spacial score (nSPS) is 17.8. The lowest BCUT2D eigenvalue weighted by atomic mass is 10.0. The van der Waals surface area contributed by atoms with E-state index in [-0.39, 0.29) is 11.9 Å². The zero-order valence-corrected chi connectivity index (χ0v) is 14.3. The fraction of sp³-hybridized carbons (Fsp3) is 0.526. The van der Waals surface area contributed by atoms with Gasteiger partial charge in [-0.2, -0.15) is 0 Å². The highest BCUT2D eigenvalue weighted by Gasteiger charge is 2.17. The molecule has 1 amide bonds. The summed E-state index contributed by atoms with van der Waals surface area (Å²) in [5.41, 5.74) is 1.01. The summed E-state index contributed by atoms with van der Waals surface area (Å²) < 4.78 is 11.1. The maximum Gasteiger partial charge on any atom is 0.221 e. The van der Waals surface area contributed by atoms with Crippen molar-refractivity contribution in [3.63, 3.8) is 0 Å². The number of hydrogen-bond donors (Lipinski definition) is 1. The minimum absolute atomic E-state index is 0.0537. The monoisotopic (exact) mass is 317 g/mol. The van der Waals surface area contributed by atoms with Crippen LogP contribution in [0.3, 0.4) is 0 Å². The molecule has 23 heavy (non-hydrogen) atoms. The third kappa shape index (κ3) is 5.02. The van der Waals surface area contributed by atoms with Gasteiger partial charge in [-0.3, -0.25) is 4.79 Å². The van der Waals surface area contributed by atoms with Gasteiger partial charge in [0.25, 0.3) is 0 Å². The van der Waals surface area contributed by atoms with E-state index in [1.807, 2.05) is 25.1 Å². The fourth-order valence-electron chi connectivity index (χ4n) is 2.77. The summed E-state index contributed by atoms with van der Waals surface area (Å²) in [6.45, 7) is 4.72. The van der Waals surface area contributed by atoms with Crippen LogP contribution < -0.4 is 14.8 Å². The molecule has 4 nitrogen and oxygen atoms in total. The first-order valence-electron chi connectivity index (χ1n) is 8.40. The van der Waals surface area contributed by atoms with E-state index in [1.54, 1.807) is 7.11 Å². The van der Waals surface area contributed by atoms with Crippen LogP contribution in [0.4, 0.5) is 0 Å². The molecule has 4 heteroatoms. The Morgan fingerprint density at radius 2 is 2.22 bits per heavy atom. The lowest BCUT2D eigenvalue weighted by molar-refractivity contribution is -0.122. The molecule has 126 valence electrons. The van der Waals surface area contributed by atoms with Crippen molar-refractivity contribution in [1.29, 1.82) is 0 Å². The van der Waals surface area contributed by atoms with Crippen LogP contribution in [0.15, 0.2) is 30.4 Å². The van der Waals surface area contributed by atoms with Gasteiger partial charge in [0.15, 0.2) is 11.5 Å². The average molecular weight is 317 g/mol. The first kappa shape index (κ1) is 17.4. The SMILES string of the molecule is CCCOc1ccc([C@H](C)NC(=O)C[C@H]2C=CCC2)cc1OC. The zero-order chi connectivity index (χ0) is 16.7. The van der Waals surface area contributed by atoms with Gasteiger partial charge >= 0.3 is 0 Å². The van der Waals surface area contributed by atoms with Gasteiger partial charge in [-0.05, 0) is 49.8 Å². The molecule has 2 rings (SSSR count). The van der Waals surface area contributed by atoms with E-state index in [2.05, 4.69) is 24.4 Å². The lowest BCUT2D eigenvalue weighted by Gasteiger charge is -2.18. The summed E-state index contributed by atoms with van der Waals surface area (Å²) in [4.78, 5) is 12.1. The van der Waals surface area contributed by atoms with Crippen LogP contribution in [0.5, 0.6) is 11.5 Å². The molecule has 0 fully saturated rings. The van der Waals surface area contributed by atoms with Gasteiger partial charge < -0.3 is 14.8 Å². The van der Waals surface area contributed by atoms with Gasteiger partial charge in [0.2, 0.25) is 5.91 Å². The minimum Gasteiger partial charge on any atom is -0.493 e. The summed E-state index contributed by atoms with van der Waals surface area (Å²) in [5, 5.41) is 3.07. The maximum absolute atomic E-state index is 12.1. The highest BCUT2D eigenvalue weighted by molar-refractivity contribution is 5.77. The number of carbonyl (C=O) groups excluding carboxylic acids is 1. The number of carbonyl (C=O) groups is 1. The lowest BCUT2D eigenvalue weighted by Crippen LogP contribution is -2.27. The Hall–Kier alpha value is -1.97. The first-order valence-corrected chi connectivity index (χ1v) is 8.40. The van der Waals surface area contributed by atoms with Crippen LogP contribution in [-0.2, 0) is 4.79 Å². The minimum atomic E-state index is -0.0537. The van der Waals surface area contributed by atoms with Crippen molar-refractivity contribution in [3.8, 4) is 11.5 Å². The first-order chi connectivity index (χ1) is 11.1. The highest BCUT2D eigenvalue weighted by Crippen LogP contribution is 2.30. The quantitative estimate of drug-likeness (QED) is 0.737. The van der Waals surface area contributed by atoms with Crippen molar-refractivity contribution < 1.29 is 14.3 Å². The maximum atomic E-state index is 12.1. The molecule has 1 aromatic rings. The number of amides is 1. The second-order valence-corrected chi connectivity index (χ2v) is 6.02. The highest BCUT2D eigenvalue weighted by atomic mass is 16.5. The van der Waals surface area contributed by atoms with Crippen LogP contribution in [-0.4, -0.2) is 19.6 Å². The van der Waals surface area contributed by atoms with E-state index >= 15 is 0 Å². The largest absolute Gasteiger partial charge is 0.493 e. The van der Waals surface area contributed by atoms with Crippen molar-refractivity contribution in [2.45, 2.75) is 45.6 Å². The van der Waals surface area contributed by atoms with Crippen molar-refractivity contribution in [2.24, 2.45) is 5.92 Å². The molecule has 2 atom stereocenters. The van der Waals surface area contributed by atoms with Gasteiger partial charge in [0.1, 0.15) is 0 Å². The number of hydrogen-bond acceptors (Lipinski definition) is 3. The molecule has 0 bridgehead atoms. The average Bonchev–Trinajstić information content (AvgIpc) is 3.05. The van der Waals surface area contributed by atoms with Gasteiger partial charge in [-0.25, -0.2) is 0 Å². The van der Waals surface area contributed by atoms with Crippen molar-refractivity contribution >= 4 is 5.91 Å². The molecule has 1 N–H and O–H groups in total. The Labute approximate surface area is 138 Å². The number of allylic oxidation sites excluding steroid dienone is 2. The van der Waals surface area contributed by atoms with E-state index in [0.29, 0.717) is 24.7 Å². The predicted molar refractivity (Wildman–Crippen MR) is 91.8 cm³/mol. The molecule has 0 aliphatic heterocycles. The van der Waals surface area contributed by atoms with E-state index in [1.165, 1.54) is 0 Å². The van der Waals surface area contributed by atoms with Crippen LogP contribution >= 0.6 is 0 Å². The van der Waals surface area contributed by atoms with Gasteiger partial charge in [0.05, 0.1) is 19.8 Å². The summed E-state index contributed by atoms with van der Waals surface area (Å²) >= 11 is 0. The Morgan fingerprint density at radius 1 is 1.39 bits per heavy atom. The Balaban J connectivity index is 1.96. The van der Waals surface area contributed by atoms with Crippen LogP contribution in [0, 0.1) is 5.92 Å². The Bertz CT molecular complexity index is 554. The number of benzene rings is 1. The molecule has 0 heterocycles. The zero-order valence-electron chi connectivity index (χ0n) is 14.3. The molecule has 0 spiro atoms. The summed E-state index contributed by atoms with van der Waals surface area (Å²) in [7, 11) is 1.63. The van der Waals surface area contributed by atoms with Crippen LogP contribution in [0.25, 0.3) is 0 Å². The van der Waals surface area contributed by atoms with E-state index in [9.17, 15) is 4.79 Å². The Kier molecular flexibility index (Phi) is 6.51. The molecule has 0 radical (unpaired) electrons. The molecule has 0 saturated heterocycles. The standard InChI is InChI=1S/C19H27NO3/c1-4-11-23-17-10-9-16(13-18(17)22-3)14(2)20-19(21)12-15-7-5-6-8-15/h5,7,9-10,13-15H,4,6,8,11-12H2,1-3H3,(H,20,21)/t14-,15-/m0/s1. The van der Waals surface area contributed by atoms with Crippen molar-refractivity contribution in [1.82, 2.24) is 5.32 Å². The second kappa shape index (κ2) is 8.61. The number of methoxy groups -OCH3 is 1. The third-order valence-corrected chi connectivity index (χ3v) is 4.09. The Morgan fingerprint density at radius 3 is 2.87 bits per heavy atom. The van der Waals surface area contributed by atoms with Gasteiger partial charge in [-0.15, -0.1) is 0 Å². The summed E-state index contributed by atoms with van der Waals surface area (Å²) in [6.07, 6.45) is 7.99. The number of nitrogens with one attached hydrogen (secondary N) is 1. The van der Waals surface area contributed by atoms with Crippen LogP contribution in [0.1, 0.15) is 51.1 Å².